The number of amides is 27. The number of carbonyl (C=O) groups is 15. The first-order chi connectivity index (χ1) is 48.2. The molecule has 27 amide bonds. The van der Waals surface area contributed by atoms with Gasteiger partial charge in [0.05, 0.1) is 71.0 Å². The lowest BCUT2D eigenvalue weighted by molar-refractivity contribution is -0.137. The molecular weight excluding hydrogens is 1340 g/mol. The third-order valence-electron chi connectivity index (χ3n) is 25.0. The first-order valence-corrected chi connectivity index (χ1v) is 33.3. The Bertz CT molecular complexity index is 3810. The fourth-order valence-corrected chi connectivity index (χ4v) is 19.0. The quantitative estimate of drug-likeness (QED) is 0.129. The van der Waals surface area contributed by atoms with Crippen LogP contribution in [0.15, 0.2) is 0 Å². The molecule has 18 heterocycles. The predicted molar refractivity (Wildman–Crippen MR) is 326 cm³/mol. The normalized spacial score (nSPS) is 37.9. The van der Waals surface area contributed by atoms with Gasteiger partial charge < -0.3 is 35.1 Å². The summed E-state index contributed by atoms with van der Waals surface area (Å²) in [5.74, 6) is 0. The summed E-state index contributed by atoms with van der Waals surface area (Å²) in [5.41, 5.74) is -4.89. The lowest BCUT2D eigenvalue weighted by atomic mass is 9.87. The van der Waals surface area contributed by atoms with E-state index in [2.05, 4.69) is 37.2 Å². The van der Waals surface area contributed by atoms with Crippen LogP contribution in [0.4, 0.5) is 57.5 Å². The number of hydrogen-bond donors (Lipinski definition) is 7. The minimum absolute atomic E-state index is 0.353. The largest absolute Gasteiger partial charge is 0.326 e. The van der Waals surface area contributed by atoms with Gasteiger partial charge in [0.1, 0.15) is 108 Å². The molecule has 17 bridgehead atoms. The Morgan fingerprint density at radius 3 is 1.33 bits per heavy atom. The second-order valence-electron chi connectivity index (χ2n) is 29.2. The van der Waals surface area contributed by atoms with Gasteiger partial charge in [-0.3, -0.25) is 139 Å². The van der Waals surface area contributed by atoms with Crippen LogP contribution >= 0.6 is 0 Å². The Balaban J connectivity index is 0.782. The van der Waals surface area contributed by atoms with Crippen molar-refractivity contribution >= 4 is 91.6 Å². The highest BCUT2D eigenvalue weighted by Gasteiger charge is 2.73. The number of hydrogen-bond acceptors (Lipinski definition) is 20. The average molecular weight is 1410 g/mol. The van der Waals surface area contributed by atoms with Crippen LogP contribution in [0.25, 0.3) is 0 Å². The molecule has 0 radical (unpaired) electrons. The van der Waals surface area contributed by atoms with Crippen molar-refractivity contribution < 1.29 is 71.9 Å². The molecule has 101 heavy (non-hydrogen) atoms. The maximum Gasteiger partial charge on any atom is 0.326 e. The Kier molecular flexibility index (Phi) is 12.9. The summed E-state index contributed by atoms with van der Waals surface area (Å²) in [6.07, 6.45) is -12.4. The van der Waals surface area contributed by atoms with Gasteiger partial charge >= 0.3 is 72.4 Å². The number of nitrogens with one attached hydrogen (secondary N) is 7. The standard InChI is InChI=1S/C54H76N32O15/c1-27-29-56-9-66-28(2)53(5)83-22-80-35(65(26-89)17-86(53)50(66)100)33-58-11-69-36-38-76(44(69)94)20-79-39-37-70(45(95)77(39)19-78(38)48(98)75(36)18-73(33)47(80)97)13-61-41(91)84-21-74-31(59-14-82-51(101)85(23-81(37)49(79)99)52(3,4)54(82,84)6)30-57-10-68-34(64(25-88)16-71(30)46(74)96)32(72(43(68)93)15-63(27)24-87)55-8-62(7)42(92)67(29)12-60-40(83)90/h24-39,55-59H,8-23H2,1-7H3,(H,60,90)(H,61,91). The van der Waals surface area contributed by atoms with Gasteiger partial charge in [-0.15, -0.1) is 0 Å². The molecule has 0 aromatic carbocycles. The maximum atomic E-state index is 15.7. The topological polar surface area (TPSA) is 421 Å². The number of rotatable bonds is 3. The van der Waals surface area contributed by atoms with E-state index in [9.17, 15) is 14.4 Å². The summed E-state index contributed by atoms with van der Waals surface area (Å²) < 4.78 is 0. The minimum Gasteiger partial charge on any atom is -0.321 e. The Hall–Kier alpha value is -10.5. The number of carbonyl (C=O) groups excluding carboxylic acids is 15. The molecule has 0 aromatic heterocycles. The first kappa shape index (κ1) is 62.7. The SMILES string of the molecule is CC1C2NCN3C(=O)N4CN(C=O)C5C6NCN7C(=O)N8CN9C(=O)N%10CN%11C(=O)N%12CNC%13C%14NCN%15C(=O)N(CN1C=O)C1NCN(C)C(=O)N2CNC(=O)N(CN5C(=O)N6CN2C(=O)N(CN5C(=O)N(CNC(=O)N(CN%13C(=O)N%14CN(C=O)C1%15)C%12(C)C%11(C)C)C%10C59)C8C72)C4(C)C3C. The summed E-state index contributed by atoms with van der Waals surface area (Å²) >= 11 is 0. The van der Waals surface area contributed by atoms with Crippen molar-refractivity contribution in [2.75, 3.05) is 114 Å². The molecule has 18 saturated heterocycles. The van der Waals surface area contributed by atoms with E-state index in [1.165, 1.54) is 130 Å². The summed E-state index contributed by atoms with van der Waals surface area (Å²) in [4.78, 5) is 260. The van der Waals surface area contributed by atoms with E-state index in [-0.39, 0.29) is 26.7 Å². The van der Waals surface area contributed by atoms with E-state index in [4.69, 9.17) is 0 Å². The van der Waals surface area contributed by atoms with Crippen LogP contribution in [0, 0.1) is 0 Å². The van der Waals surface area contributed by atoms with Crippen molar-refractivity contribution in [3.05, 3.63) is 0 Å². The van der Waals surface area contributed by atoms with Crippen molar-refractivity contribution in [3.8, 4) is 0 Å². The van der Waals surface area contributed by atoms with Crippen LogP contribution in [0.2, 0.25) is 0 Å². The van der Waals surface area contributed by atoms with Gasteiger partial charge in [-0.2, -0.15) is 0 Å². The van der Waals surface area contributed by atoms with Gasteiger partial charge in [-0.1, -0.05) is 0 Å². The zero-order valence-electron chi connectivity index (χ0n) is 55.9. The fraction of sp³-hybridized carbons (Fsp3) is 0.722. The molecule has 15 atom stereocenters. The van der Waals surface area contributed by atoms with Crippen molar-refractivity contribution in [1.82, 2.24) is 160 Å². The molecule has 18 rings (SSSR count). The highest BCUT2D eigenvalue weighted by Crippen LogP contribution is 2.50. The molecule has 542 valence electrons. The van der Waals surface area contributed by atoms with Crippen LogP contribution in [0.3, 0.4) is 0 Å². The van der Waals surface area contributed by atoms with Crippen LogP contribution in [0.1, 0.15) is 41.5 Å². The van der Waals surface area contributed by atoms with Gasteiger partial charge in [-0.05, 0) is 41.5 Å². The predicted octanol–water partition coefficient (Wildman–Crippen LogP) is -7.66. The monoisotopic (exact) mass is 1410 g/mol. The van der Waals surface area contributed by atoms with Crippen molar-refractivity contribution in [3.63, 3.8) is 0 Å². The Morgan fingerprint density at radius 2 is 0.703 bits per heavy atom. The smallest absolute Gasteiger partial charge is 0.321 e. The van der Waals surface area contributed by atoms with Crippen LogP contribution < -0.4 is 37.2 Å². The van der Waals surface area contributed by atoms with Crippen molar-refractivity contribution in [1.29, 1.82) is 0 Å². The summed E-state index contributed by atoms with van der Waals surface area (Å²) in [5, 5.41) is 22.3. The van der Waals surface area contributed by atoms with Crippen LogP contribution in [-0.2, 0) is 14.4 Å². The van der Waals surface area contributed by atoms with Gasteiger partial charge in [0.15, 0.2) is 24.7 Å². The molecule has 18 fully saturated rings. The second kappa shape index (κ2) is 20.8. The Morgan fingerprint density at radius 1 is 0.317 bits per heavy atom. The average Bonchev–Trinajstić information content (AvgIpc) is 1.55. The molecule has 15 unspecified atom stereocenters. The van der Waals surface area contributed by atoms with Crippen molar-refractivity contribution in [2.45, 2.75) is 138 Å². The number of fused-ring (bicyclic) bond motifs is 12. The molecule has 47 nitrogen and oxygen atoms in total. The third kappa shape index (κ3) is 7.63. The number of nitrogens with zero attached hydrogens (tertiary/aromatic N) is 25. The molecule has 47 heteroatoms. The molecular formula is C54H76N32O15. The zero-order chi connectivity index (χ0) is 70.8. The van der Waals surface area contributed by atoms with Gasteiger partial charge in [0.2, 0.25) is 19.2 Å². The highest BCUT2D eigenvalue weighted by molar-refractivity contribution is 5.92. The maximum absolute atomic E-state index is 15.7. The molecule has 7 N–H and O–H groups in total. The van der Waals surface area contributed by atoms with E-state index in [0.29, 0.717) is 19.2 Å². The Labute approximate surface area is 573 Å². The highest BCUT2D eigenvalue weighted by atomic mass is 16.2. The molecule has 0 aliphatic carbocycles. The van der Waals surface area contributed by atoms with E-state index in [1.54, 1.807) is 41.5 Å². The van der Waals surface area contributed by atoms with Crippen LogP contribution in [-0.4, -0.2) is 425 Å². The molecule has 0 aromatic rings. The summed E-state index contributed by atoms with van der Waals surface area (Å²) in [6, 6.07) is -11.2. The molecule has 18 aliphatic heterocycles. The van der Waals surface area contributed by atoms with Gasteiger partial charge in [0.25, 0.3) is 0 Å². The van der Waals surface area contributed by atoms with E-state index in [1.807, 2.05) is 0 Å². The van der Waals surface area contributed by atoms with Crippen LogP contribution in [0.5, 0.6) is 0 Å². The van der Waals surface area contributed by atoms with E-state index < -0.39 is 249 Å². The number of urea groups is 12. The van der Waals surface area contributed by atoms with Gasteiger partial charge in [-0.25, -0.2) is 57.5 Å². The van der Waals surface area contributed by atoms with Crippen molar-refractivity contribution in [2.24, 2.45) is 0 Å². The fourth-order valence-electron chi connectivity index (χ4n) is 19.0. The van der Waals surface area contributed by atoms with E-state index in [0.717, 1.165) is 0 Å². The lowest BCUT2D eigenvalue weighted by Crippen LogP contribution is -2.74. The lowest BCUT2D eigenvalue weighted by Gasteiger charge is -2.53. The summed E-state index contributed by atoms with van der Waals surface area (Å²) in [6.45, 7) is 1.93. The first-order valence-electron chi connectivity index (χ1n) is 33.3. The molecule has 0 spiro atoms. The summed E-state index contributed by atoms with van der Waals surface area (Å²) in [7, 11) is 1.43. The second-order valence-corrected chi connectivity index (χ2v) is 29.2. The third-order valence-corrected chi connectivity index (χ3v) is 25.0. The minimum atomic E-state index is -1.72. The van der Waals surface area contributed by atoms with Gasteiger partial charge in [0, 0.05) is 7.05 Å². The molecule has 0 saturated carbocycles. The molecule has 18 aliphatic rings. The van der Waals surface area contributed by atoms with E-state index >= 15 is 57.5 Å². The zero-order valence-corrected chi connectivity index (χ0v) is 55.9.